The molecule has 6 nitrogen and oxygen atoms in total. The van der Waals surface area contributed by atoms with Crippen LogP contribution in [0, 0.1) is 0 Å². The van der Waals surface area contributed by atoms with Gasteiger partial charge < -0.3 is 15.4 Å². The fourth-order valence-electron chi connectivity index (χ4n) is 3.53. The van der Waals surface area contributed by atoms with Gasteiger partial charge in [0.2, 0.25) is 0 Å². The van der Waals surface area contributed by atoms with Crippen LogP contribution >= 0.6 is 11.6 Å². The zero-order valence-electron chi connectivity index (χ0n) is 19.4. The third-order valence-corrected chi connectivity index (χ3v) is 5.38. The molecular formula is C27H24ClF3N4O2. The first-order valence-corrected chi connectivity index (χ1v) is 11.5. The average molecular weight is 529 g/mol. The highest BCUT2D eigenvalue weighted by Crippen LogP contribution is 2.36. The van der Waals surface area contributed by atoms with E-state index in [0.717, 1.165) is 17.3 Å². The van der Waals surface area contributed by atoms with Gasteiger partial charge in [0.15, 0.2) is 0 Å². The molecule has 0 bridgehead atoms. The molecule has 2 atom stereocenters. The molecule has 1 aromatic heterocycles. The van der Waals surface area contributed by atoms with Crippen molar-refractivity contribution < 1.29 is 23.1 Å². The Labute approximate surface area is 216 Å². The number of amidine groups is 1. The summed E-state index contributed by atoms with van der Waals surface area (Å²) < 4.78 is 31.7. The monoisotopic (exact) mass is 528 g/mol. The highest BCUT2D eigenvalue weighted by Gasteiger charge is 2.38. The predicted molar refractivity (Wildman–Crippen MR) is 136 cm³/mol. The molecule has 0 saturated carbocycles. The number of hydrogen-bond acceptors (Lipinski definition) is 4. The van der Waals surface area contributed by atoms with Gasteiger partial charge in [-0.05, 0) is 28.8 Å². The summed E-state index contributed by atoms with van der Waals surface area (Å²) in [6, 6.07) is 29.2. The first kappa shape index (κ1) is 27.5. The van der Waals surface area contributed by atoms with Gasteiger partial charge in [-0.15, -0.1) is 0 Å². The number of nitrogens with zero attached hydrogens (tertiary/aromatic N) is 2. The highest BCUT2D eigenvalue weighted by atomic mass is 35.5. The second-order valence-electron chi connectivity index (χ2n) is 7.83. The van der Waals surface area contributed by atoms with Crippen LogP contribution in [0.4, 0.5) is 13.2 Å². The molecule has 1 aliphatic heterocycles. The van der Waals surface area contributed by atoms with E-state index >= 15 is 0 Å². The summed E-state index contributed by atoms with van der Waals surface area (Å²) in [5.74, 6) is -1.75. The van der Waals surface area contributed by atoms with Crippen molar-refractivity contribution in [1.82, 2.24) is 15.3 Å². The Morgan fingerprint density at radius 3 is 2.05 bits per heavy atom. The van der Waals surface area contributed by atoms with Crippen LogP contribution in [-0.4, -0.2) is 33.1 Å². The number of nitrogens with one attached hydrogen (secondary N) is 2. The summed E-state index contributed by atoms with van der Waals surface area (Å²) in [4.78, 5) is 20.3. The molecule has 10 heteroatoms. The third-order valence-electron chi connectivity index (χ3n) is 5.14. The van der Waals surface area contributed by atoms with Crippen LogP contribution < -0.4 is 5.32 Å². The minimum Gasteiger partial charge on any atom is -0.475 e. The summed E-state index contributed by atoms with van der Waals surface area (Å²) in [5.41, 5.74) is 3.64. The number of carboxylic acid groups (broad SMARTS) is 1. The van der Waals surface area contributed by atoms with E-state index in [4.69, 9.17) is 26.5 Å². The van der Waals surface area contributed by atoms with Crippen LogP contribution in [0.2, 0.25) is 5.02 Å². The molecule has 37 heavy (non-hydrogen) atoms. The molecule has 192 valence electrons. The predicted octanol–water partition coefficient (Wildman–Crippen LogP) is 6.41. The van der Waals surface area contributed by atoms with Crippen molar-refractivity contribution in [1.29, 1.82) is 0 Å². The lowest BCUT2D eigenvalue weighted by molar-refractivity contribution is -0.192. The highest BCUT2D eigenvalue weighted by molar-refractivity contribution is 6.30. The van der Waals surface area contributed by atoms with E-state index < -0.39 is 12.1 Å². The Bertz CT molecular complexity index is 1250. The number of benzene rings is 3. The van der Waals surface area contributed by atoms with Gasteiger partial charge in [-0.2, -0.15) is 13.2 Å². The SMILES string of the molecule is Clc1cccc(CC2=N[C@@H](c3ccccc3)[C@@H](c3ccccc3)N2)c1.O=C(O)C(F)(F)F.c1c[nH]cn1. The van der Waals surface area contributed by atoms with Crippen LogP contribution in [0.15, 0.2) is 109 Å². The van der Waals surface area contributed by atoms with Crippen LogP contribution in [-0.2, 0) is 11.2 Å². The maximum atomic E-state index is 10.6. The number of alkyl halides is 3. The molecule has 1 aliphatic rings. The van der Waals surface area contributed by atoms with Gasteiger partial charge >= 0.3 is 12.1 Å². The molecule has 0 spiro atoms. The maximum Gasteiger partial charge on any atom is 0.490 e. The lowest BCUT2D eigenvalue weighted by Crippen LogP contribution is -2.25. The van der Waals surface area contributed by atoms with E-state index in [1.54, 1.807) is 18.7 Å². The molecule has 4 aromatic rings. The molecule has 0 aliphatic carbocycles. The zero-order valence-corrected chi connectivity index (χ0v) is 20.2. The van der Waals surface area contributed by atoms with E-state index in [9.17, 15) is 13.2 Å². The van der Waals surface area contributed by atoms with Crippen molar-refractivity contribution in [2.45, 2.75) is 24.7 Å². The zero-order chi connectivity index (χ0) is 26.7. The number of carbonyl (C=O) groups is 1. The number of aliphatic imine (C=N–C) groups is 1. The summed E-state index contributed by atoms with van der Waals surface area (Å²) >= 11 is 6.12. The standard InChI is InChI=1S/C22H19ClN2.C3H4N2.C2HF3O2/c23-19-13-7-8-16(14-19)15-20-24-21(17-9-3-1-4-10-17)22(25-20)18-11-5-2-6-12-18;1-2-5-3-4-1;3-2(4,5)1(6)7/h1-14,21-22H,15H2,(H,24,25);1-3H,(H,4,5);(H,6,7)/t21-,22+;;. The number of carboxylic acids is 1. The molecule has 0 amide bonds. The van der Waals surface area contributed by atoms with Gasteiger partial charge in [0.1, 0.15) is 11.9 Å². The Morgan fingerprint density at radius 1 is 0.946 bits per heavy atom. The van der Waals surface area contributed by atoms with Gasteiger partial charge in [0.05, 0.1) is 12.4 Å². The average Bonchev–Trinajstić information content (AvgIpc) is 3.59. The molecule has 0 radical (unpaired) electrons. The van der Waals surface area contributed by atoms with Crippen molar-refractivity contribution in [3.8, 4) is 0 Å². The number of halogens is 4. The van der Waals surface area contributed by atoms with Crippen LogP contribution in [0.1, 0.15) is 28.8 Å². The van der Waals surface area contributed by atoms with Crippen LogP contribution in [0.25, 0.3) is 0 Å². The largest absolute Gasteiger partial charge is 0.490 e. The maximum absolute atomic E-state index is 10.6. The Kier molecular flexibility index (Phi) is 9.85. The summed E-state index contributed by atoms with van der Waals surface area (Å²) in [5, 5.41) is 11.5. The molecule has 0 fully saturated rings. The van der Waals surface area contributed by atoms with Crippen molar-refractivity contribution in [2.24, 2.45) is 4.99 Å². The van der Waals surface area contributed by atoms with E-state index in [2.05, 4.69) is 69.9 Å². The molecule has 2 heterocycles. The number of imidazole rings is 1. The van der Waals surface area contributed by atoms with Crippen molar-refractivity contribution >= 4 is 23.4 Å². The van der Waals surface area contributed by atoms with Crippen LogP contribution in [0.3, 0.4) is 0 Å². The third kappa shape index (κ3) is 8.80. The van der Waals surface area contributed by atoms with Crippen molar-refractivity contribution in [3.63, 3.8) is 0 Å². The smallest absolute Gasteiger partial charge is 0.475 e. The van der Waals surface area contributed by atoms with E-state index in [-0.39, 0.29) is 12.1 Å². The van der Waals surface area contributed by atoms with Gasteiger partial charge in [-0.25, -0.2) is 9.78 Å². The minimum atomic E-state index is -5.08. The van der Waals surface area contributed by atoms with Crippen molar-refractivity contribution in [3.05, 3.63) is 125 Å². The molecule has 3 N–H and O–H groups in total. The van der Waals surface area contributed by atoms with Crippen molar-refractivity contribution in [2.75, 3.05) is 0 Å². The molecular weight excluding hydrogens is 505 g/mol. The van der Waals surface area contributed by atoms with E-state index in [0.29, 0.717) is 0 Å². The van der Waals surface area contributed by atoms with Gasteiger partial charge in [0, 0.05) is 23.8 Å². The summed E-state index contributed by atoms with van der Waals surface area (Å²) in [6.07, 6.45) is 0.757. The summed E-state index contributed by atoms with van der Waals surface area (Å²) in [7, 11) is 0. The minimum absolute atomic E-state index is 0.0813. The fourth-order valence-corrected chi connectivity index (χ4v) is 3.75. The Balaban J connectivity index is 0.000000262. The lowest BCUT2D eigenvalue weighted by atomic mass is 9.95. The topological polar surface area (TPSA) is 90.4 Å². The first-order chi connectivity index (χ1) is 17.7. The number of aromatic amines is 1. The van der Waals surface area contributed by atoms with E-state index in [1.807, 2.05) is 30.3 Å². The second kappa shape index (κ2) is 13.3. The van der Waals surface area contributed by atoms with Gasteiger partial charge in [0.25, 0.3) is 0 Å². The second-order valence-corrected chi connectivity index (χ2v) is 8.27. The quantitative estimate of drug-likeness (QED) is 0.285. The molecule has 3 aromatic carbocycles. The number of aromatic nitrogens is 2. The number of aliphatic carboxylic acids is 1. The van der Waals surface area contributed by atoms with Crippen LogP contribution in [0.5, 0.6) is 0 Å². The van der Waals surface area contributed by atoms with Gasteiger partial charge in [-0.1, -0.05) is 84.4 Å². The number of H-pyrrole nitrogens is 1. The molecule has 5 rings (SSSR count). The Morgan fingerprint density at radius 2 is 1.57 bits per heavy atom. The fraction of sp³-hybridized carbons (Fsp3) is 0.148. The van der Waals surface area contributed by atoms with E-state index in [1.165, 1.54) is 16.7 Å². The molecule has 0 saturated heterocycles. The van der Waals surface area contributed by atoms with Gasteiger partial charge in [-0.3, -0.25) is 4.99 Å². The number of rotatable bonds is 4. The Hall–Kier alpha value is -4.11. The number of hydrogen-bond donors (Lipinski definition) is 3. The molecule has 0 unspecified atom stereocenters. The first-order valence-electron chi connectivity index (χ1n) is 11.1. The summed E-state index contributed by atoms with van der Waals surface area (Å²) in [6.45, 7) is 0. The normalized spacial score (nSPS) is 16.3. The lowest BCUT2D eigenvalue weighted by Gasteiger charge is -2.19.